The average Bonchev–Trinajstić information content (AvgIpc) is 3.35. The van der Waals surface area contributed by atoms with Crippen LogP contribution < -0.4 is 19.9 Å². The number of carbonyl (C=O) groups excluding carboxylic acids is 1. The molecule has 1 amide bonds. The zero-order valence-corrected chi connectivity index (χ0v) is 21.7. The Bertz CT molecular complexity index is 1410. The maximum Gasteiger partial charge on any atom is 0.255 e. The molecule has 1 fully saturated rings. The number of ether oxygens (including phenoxy) is 1. The zero-order valence-electron chi connectivity index (χ0n) is 21.7. The molecule has 190 valence electrons. The van der Waals surface area contributed by atoms with Gasteiger partial charge in [0.15, 0.2) is 0 Å². The number of aryl methyl sites for hydroxylation is 2. The molecule has 0 aliphatic carbocycles. The quantitative estimate of drug-likeness (QED) is 0.423. The second-order valence-electron chi connectivity index (χ2n) is 9.53. The van der Waals surface area contributed by atoms with E-state index in [9.17, 15) is 4.79 Å². The molecular weight excluding hydrogens is 466 g/mol. The van der Waals surface area contributed by atoms with Crippen molar-refractivity contribution >= 4 is 17.3 Å². The van der Waals surface area contributed by atoms with Gasteiger partial charge in [-0.1, -0.05) is 29.4 Å². The molecule has 1 saturated heterocycles. The summed E-state index contributed by atoms with van der Waals surface area (Å²) >= 11 is 0. The number of aromatic nitrogens is 2. The van der Waals surface area contributed by atoms with E-state index < -0.39 is 0 Å². The van der Waals surface area contributed by atoms with Crippen LogP contribution in [-0.2, 0) is 0 Å². The Kier molecular flexibility index (Phi) is 6.92. The molecule has 8 nitrogen and oxygen atoms in total. The first-order chi connectivity index (χ1) is 17.9. The number of carbonyl (C=O) groups is 1. The average molecular weight is 499 g/mol. The molecule has 0 radical (unpaired) electrons. The molecule has 2 N–H and O–H groups in total. The van der Waals surface area contributed by atoms with Gasteiger partial charge < -0.3 is 24.4 Å². The standard InChI is InChI=1S/C29H31N5O3/c1-19-17-23(28-30-20(2)37-32-28)9-11-25(19)21-5-7-22(8-6-21)29(35)31-24-10-12-27(36-4)26(18-24)34-15-13-33(3)14-16-34/h5-12,17-18H,13-16H2,1-4H3,(H,31,35)/p+1. The Morgan fingerprint density at radius 2 is 1.73 bits per heavy atom. The maximum atomic E-state index is 13.0. The Hall–Kier alpha value is -4.17. The monoisotopic (exact) mass is 498 g/mol. The van der Waals surface area contributed by atoms with Gasteiger partial charge in [-0.2, -0.15) is 4.98 Å². The van der Waals surface area contributed by atoms with E-state index in [-0.39, 0.29) is 5.91 Å². The van der Waals surface area contributed by atoms with Crippen molar-refractivity contribution in [3.05, 3.63) is 77.7 Å². The molecule has 0 saturated carbocycles. The van der Waals surface area contributed by atoms with Crippen LogP contribution >= 0.6 is 0 Å². The van der Waals surface area contributed by atoms with Crippen LogP contribution in [0.5, 0.6) is 5.75 Å². The zero-order chi connectivity index (χ0) is 25.9. The van der Waals surface area contributed by atoms with Gasteiger partial charge in [-0.25, -0.2) is 0 Å². The van der Waals surface area contributed by atoms with Gasteiger partial charge in [0.05, 0.1) is 46.0 Å². The van der Waals surface area contributed by atoms with Gasteiger partial charge in [-0.05, 0) is 60.0 Å². The Labute approximate surface area is 216 Å². The highest BCUT2D eigenvalue weighted by Gasteiger charge is 2.21. The van der Waals surface area contributed by atoms with E-state index in [1.165, 1.54) is 4.90 Å². The number of quaternary nitrogens is 1. The molecule has 1 aromatic heterocycles. The minimum atomic E-state index is -0.148. The second kappa shape index (κ2) is 10.4. The first-order valence-electron chi connectivity index (χ1n) is 12.5. The van der Waals surface area contributed by atoms with Crippen molar-refractivity contribution in [2.24, 2.45) is 0 Å². The first kappa shape index (κ1) is 24.5. The largest absolute Gasteiger partial charge is 0.495 e. The van der Waals surface area contributed by atoms with E-state index in [1.54, 1.807) is 14.0 Å². The summed E-state index contributed by atoms with van der Waals surface area (Å²) in [5, 5.41) is 7.05. The molecular formula is C29H32N5O3+. The van der Waals surface area contributed by atoms with Gasteiger partial charge in [0, 0.05) is 23.7 Å². The minimum Gasteiger partial charge on any atom is -0.495 e. The number of likely N-dealkylation sites (N-methyl/N-ethyl adjacent to an activating group) is 1. The third kappa shape index (κ3) is 5.34. The van der Waals surface area contributed by atoms with E-state index >= 15 is 0 Å². The van der Waals surface area contributed by atoms with Crippen LogP contribution in [0, 0.1) is 13.8 Å². The third-order valence-electron chi connectivity index (χ3n) is 6.86. The van der Waals surface area contributed by atoms with Crippen molar-refractivity contribution in [3.63, 3.8) is 0 Å². The SMILES string of the molecule is COc1ccc(NC(=O)c2ccc(-c3ccc(-c4noc(C)n4)cc3C)cc2)cc1N1CC[NH+](C)CC1. The van der Waals surface area contributed by atoms with Crippen LogP contribution in [-0.4, -0.2) is 56.4 Å². The number of anilines is 2. The van der Waals surface area contributed by atoms with Gasteiger partial charge in [0.2, 0.25) is 11.7 Å². The normalized spacial score (nSPS) is 14.0. The lowest BCUT2D eigenvalue weighted by Gasteiger charge is -2.32. The number of nitrogens with one attached hydrogen (secondary N) is 2. The first-order valence-corrected chi connectivity index (χ1v) is 12.5. The summed E-state index contributed by atoms with van der Waals surface area (Å²) in [7, 11) is 3.89. The van der Waals surface area contributed by atoms with Crippen LogP contribution in [0.2, 0.25) is 0 Å². The van der Waals surface area contributed by atoms with Gasteiger partial charge >= 0.3 is 0 Å². The minimum absolute atomic E-state index is 0.148. The van der Waals surface area contributed by atoms with Gasteiger partial charge in [0.25, 0.3) is 5.91 Å². The molecule has 4 aromatic rings. The fourth-order valence-corrected chi connectivity index (χ4v) is 4.69. The van der Waals surface area contributed by atoms with E-state index in [1.807, 2.05) is 60.7 Å². The second-order valence-corrected chi connectivity index (χ2v) is 9.53. The lowest BCUT2D eigenvalue weighted by molar-refractivity contribution is -0.880. The Morgan fingerprint density at radius 1 is 1.00 bits per heavy atom. The highest BCUT2D eigenvalue weighted by molar-refractivity contribution is 6.04. The van der Waals surface area contributed by atoms with Crippen molar-refractivity contribution in [1.82, 2.24) is 10.1 Å². The predicted octanol–water partition coefficient (Wildman–Crippen LogP) is 3.62. The van der Waals surface area contributed by atoms with Crippen molar-refractivity contribution in [2.45, 2.75) is 13.8 Å². The number of amides is 1. The van der Waals surface area contributed by atoms with Gasteiger partial charge in [-0.15, -0.1) is 0 Å². The fourth-order valence-electron chi connectivity index (χ4n) is 4.69. The molecule has 37 heavy (non-hydrogen) atoms. The van der Waals surface area contributed by atoms with Gasteiger partial charge in [-0.3, -0.25) is 4.79 Å². The number of nitrogens with zero attached hydrogens (tertiary/aromatic N) is 3. The maximum absolute atomic E-state index is 13.0. The number of methoxy groups -OCH3 is 1. The Balaban J connectivity index is 1.30. The molecule has 1 aliphatic heterocycles. The summed E-state index contributed by atoms with van der Waals surface area (Å²) in [5.74, 6) is 1.79. The molecule has 1 aliphatic rings. The predicted molar refractivity (Wildman–Crippen MR) is 144 cm³/mol. The summed E-state index contributed by atoms with van der Waals surface area (Å²) in [5.41, 5.74) is 6.48. The Morgan fingerprint density at radius 3 is 2.38 bits per heavy atom. The molecule has 0 unspecified atom stereocenters. The van der Waals surface area contributed by atoms with Crippen LogP contribution in [0.25, 0.3) is 22.5 Å². The summed E-state index contributed by atoms with van der Waals surface area (Å²) in [6, 6.07) is 19.5. The highest BCUT2D eigenvalue weighted by Crippen LogP contribution is 2.32. The molecule has 0 spiro atoms. The van der Waals surface area contributed by atoms with Crippen molar-refractivity contribution < 1.29 is 19.0 Å². The number of benzene rings is 3. The molecule has 0 bridgehead atoms. The third-order valence-corrected chi connectivity index (χ3v) is 6.86. The van der Waals surface area contributed by atoms with E-state index in [4.69, 9.17) is 9.26 Å². The van der Waals surface area contributed by atoms with Crippen LogP contribution in [0.4, 0.5) is 11.4 Å². The van der Waals surface area contributed by atoms with Crippen LogP contribution in [0.15, 0.2) is 65.2 Å². The summed E-state index contributed by atoms with van der Waals surface area (Å²) in [6.07, 6.45) is 0. The van der Waals surface area contributed by atoms with E-state index in [2.05, 4.69) is 34.3 Å². The molecule has 0 atom stereocenters. The molecule has 3 aromatic carbocycles. The number of rotatable bonds is 6. The summed E-state index contributed by atoms with van der Waals surface area (Å²) in [6.45, 7) is 7.88. The van der Waals surface area contributed by atoms with E-state index in [0.29, 0.717) is 17.3 Å². The van der Waals surface area contributed by atoms with Crippen LogP contribution in [0.3, 0.4) is 0 Å². The topological polar surface area (TPSA) is 84.9 Å². The molecule has 2 heterocycles. The van der Waals surface area contributed by atoms with Crippen molar-refractivity contribution in [1.29, 1.82) is 0 Å². The number of piperazine rings is 1. The lowest BCUT2D eigenvalue weighted by atomic mass is 9.97. The fraction of sp³-hybridized carbons (Fsp3) is 0.276. The molecule has 5 rings (SSSR count). The van der Waals surface area contributed by atoms with Crippen molar-refractivity contribution in [3.8, 4) is 28.3 Å². The summed E-state index contributed by atoms with van der Waals surface area (Å²) in [4.78, 5) is 21.2. The summed E-state index contributed by atoms with van der Waals surface area (Å²) < 4.78 is 10.7. The van der Waals surface area contributed by atoms with E-state index in [0.717, 1.165) is 65.6 Å². The lowest BCUT2D eigenvalue weighted by Crippen LogP contribution is -3.12. The van der Waals surface area contributed by atoms with Crippen molar-refractivity contribution in [2.75, 3.05) is 50.6 Å². The number of hydrogen-bond donors (Lipinski definition) is 2. The molecule has 8 heteroatoms. The van der Waals surface area contributed by atoms with Gasteiger partial charge in [0.1, 0.15) is 5.75 Å². The number of hydrogen-bond acceptors (Lipinski definition) is 6. The smallest absolute Gasteiger partial charge is 0.255 e. The van der Waals surface area contributed by atoms with Crippen LogP contribution in [0.1, 0.15) is 21.8 Å². The highest BCUT2D eigenvalue weighted by atomic mass is 16.5.